The summed E-state index contributed by atoms with van der Waals surface area (Å²) in [4.78, 5) is 29.2. The van der Waals surface area contributed by atoms with Gasteiger partial charge in [0.25, 0.3) is 11.8 Å². The van der Waals surface area contributed by atoms with Crippen molar-refractivity contribution in [2.24, 2.45) is 0 Å². The van der Waals surface area contributed by atoms with Crippen LogP contribution in [0.15, 0.2) is 71.6 Å². The number of piperazine rings is 1. The van der Waals surface area contributed by atoms with Crippen molar-refractivity contribution >= 4 is 32.4 Å². The lowest BCUT2D eigenvalue weighted by molar-refractivity contribution is 0.0535. The summed E-state index contributed by atoms with van der Waals surface area (Å²) >= 11 is 0. The first-order chi connectivity index (χ1) is 14.3. The molecule has 154 valence electrons. The number of hydrogen-bond donors (Lipinski definition) is 0. The van der Waals surface area contributed by atoms with Crippen LogP contribution in [0.3, 0.4) is 0 Å². The van der Waals surface area contributed by atoms with Crippen molar-refractivity contribution in [1.29, 1.82) is 0 Å². The van der Waals surface area contributed by atoms with Gasteiger partial charge in [-0.2, -0.15) is 0 Å². The molecule has 1 aliphatic heterocycles. The molecule has 1 aliphatic rings. The highest BCUT2D eigenvalue weighted by Crippen LogP contribution is 2.19. The van der Waals surface area contributed by atoms with Gasteiger partial charge in [0, 0.05) is 43.6 Å². The van der Waals surface area contributed by atoms with Crippen LogP contribution in [0.4, 0.5) is 0 Å². The van der Waals surface area contributed by atoms with Crippen molar-refractivity contribution in [2.45, 2.75) is 4.90 Å². The molecule has 0 aliphatic carbocycles. The van der Waals surface area contributed by atoms with Gasteiger partial charge >= 0.3 is 0 Å². The molecule has 4 rings (SSSR count). The van der Waals surface area contributed by atoms with Gasteiger partial charge < -0.3 is 9.80 Å². The van der Waals surface area contributed by atoms with Crippen LogP contribution in [0.25, 0.3) is 10.8 Å². The molecule has 3 aromatic carbocycles. The summed E-state index contributed by atoms with van der Waals surface area (Å²) in [7, 11) is -3.38. The summed E-state index contributed by atoms with van der Waals surface area (Å²) in [6.07, 6.45) is 1.12. The smallest absolute Gasteiger partial charge is 0.254 e. The number of carbonyl (C=O) groups is 2. The highest BCUT2D eigenvalue weighted by molar-refractivity contribution is 7.90. The van der Waals surface area contributed by atoms with Gasteiger partial charge in [0.15, 0.2) is 9.84 Å². The predicted molar refractivity (Wildman–Crippen MR) is 115 cm³/mol. The third-order valence-electron chi connectivity index (χ3n) is 5.36. The van der Waals surface area contributed by atoms with Crippen LogP contribution in [0, 0.1) is 0 Å². The van der Waals surface area contributed by atoms with E-state index in [9.17, 15) is 18.0 Å². The normalized spacial score (nSPS) is 14.7. The number of hydrogen-bond acceptors (Lipinski definition) is 4. The first kappa shape index (κ1) is 20.1. The standard InChI is InChI=1S/C23H22N2O4S/c1-30(28,29)21-8-4-7-19(16-21)22(26)24-11-13-25(14-12-24)23(27)20-10-9-17-5-2-3-6-18(17)15-20/h2-10,15-16H,11-14H2,1H3. The summed E-state index contributed by atoms with van der Waals surface area (Å²) in [5.41, 5.74) is 0.974. The van der Waals surface area contributed by atoms with E-state index in [1.54, 1.807) is 21.9 Å². The number of amides is 2. The zero-order valence-electron chi connectivity index (χ0n) is 16.6. The zero-order valence-corrected chi connectivity index (χ0v) is 17.4. The third kappa shape index (κ3) is 4.07. The van der Waals surface area contributed by atoms with Crippen LogP contribution < -0.4 is 0 Å². The van der Waals surface area contributed by atoms with Crippen LogP contribution >= 0.6 is 0 Å². The Bertz CT molecular complexity index is 1230. The van der Waals surface area contributed by atoms with Crippen molar-refractivity contribution in [1.82, 2.24) is 9.80 Å². The highest BCUT2D eigenvalue weighted by Gasteiger charge is 2.26. The van der Waals surface area contributed by atoms with Gasteiger partial charge in [-0.25, -0.2) is 8.42 Å². The number of rotatable bonds is 3. The fourth-order valence-electron chi connectivity index (χ4n) is 3.66. The number of nitrogens with zero attached hydrogens (tertiary/aromatic N) is 2. The first-order valence-electron chi connectivity index (χ1n) is 9.70. The minimum atomic E-state index is -3.38. The maximum absolute atomic E-state index is 12.9. The minimum Gasteiger partial charge on any atom is -0.335 e. The second-order valence-corrected chi connectivity index (χ2v) is 9.46. The molecule has 0 spiro atoms. The van der Waals surface area contributed by atoms with Gasteiger partial charge in [0.1, 0.15) is 0 Å². The molecule has 0 N–H and O–H groups in total. The Morgan fingerprint density at radius 3 is 1.87 bits per heavy atom. The van der Waals surface area contributed by atoms with Crippen LogP contribution in [0.2, 0.25) is 0 Å². The first-order valence-corrected chi connectivity index (χ1v) is 11.6. The molecule has 7 heteroatoms. The van der Waals surface area contributed by atoms with E-state index in [2.05, 4.69) is 0 Å². The lowest BCUT2D eigenvalue weighted by Gasteiger charge is -2.35. The molecule has 1 fully saturated rings. The van der Waals surface area contributed by atoms with Crippen molar-refractivity contribution in [3.63, 3.8) is 0 Å². The molecule has 30 heavy (non-hydrogen) atoms. The molecular weight excluding hydrogens is 400 g/mol. The SMILES string of the molecule is CS(=O)(=O)c1cccc(C(=O)N2CCN(C(=O)c3ccc4ccccc4c3)CC2)c1. The van der Waals surface area contributed by atoms with Crippen molar-refractivity contribution < 1.29 is 18.0 Å². The van der Waals surface area contributed by atoms with E-state index in [0.29, 0.717) is 37.3 Å². The Hall–Kier alpha value is -3.19. The molecular formula is C23H22N2O4S. The maximum Gasteiger partial charge on any atom is 0.254 e. The lowest BCUT2D eigenvalue weighted by atomic mass is 10.1. The summed E-state index contributed by atoms with van der Waals surface area (Å²) in [5, 5.41) is 2.10. The van der Waals surface area contributed by atoms with Gasteiger partial charge in [-0.1, -0.05) is 36.4 Å². The molecule has 0 aromatic heterocycles. The summed E-state index contributed by atoms with van der Waals surface area (Å²) in [6.45, 7) is 1.68. The molecule has 0 bridgehead atoms. The summed E-state index contributed by atoms with van der Waals surface area (Å²) in [5.74, 6) is -0.273. The van der Waals surface area contributed by atoms with E-state index in [0.717, 1.165) is 17.0 Å². The Morgan fingerprint density at radius 2 is 1.27 bits per heavy atom. The molecule has 1 heterocycles. The van der Waals surface area contributed by atoms with Gasteiger partial charge in [0.2, 0.25) is 0 Å². The van der Waals surface area contributed by atoms with Gasteiger partial charge in [0.05, 0.1) is 4.90 Å². The number of carbonyl (C=O) groups excluding carboxylic acids is 2. The fraction of sp³-hybridized carbons (Fsp3) is 0.217. The molecule has 2 amide bonds. The van der Waals surface area contributed by atoms with Gasteiger partial charge in [-0.3, -0.25) is 9.59 Å². The number of fused-ring (bicyclic) bond motifs is 1. The van der Waals surface area contributed by atoms with Gasteiger partial charge in [-0.05, 0) is 41.1 Å². The predicted octanol–water partition coefficient (Wildman–Crippen LogP) is 2.84. The van der Waals surface area contributed by atoms with Crippen molar-refractivity contribution in [3.05, 3.63) is 77.9 Å². The van der Waals surface area contributed by atoms with Crippen LogP contribution in [-0.2, 0) is 9.84 Å². The molecule has 6 nitrogen and oxygen atoms in total. The molecule has 0 radical (unpaired) electrons. The van der Waals surface area contributed by atoms with E-state index in [-0.39, 0.29) is 16.7 Å². The van der Waals surface area contributed by atoms with E-state index in [1.807, 2.05) is 42.5 Å². The topological polar surface area (TPSA) is 74.8 Å². The van der Waals surface area contributed by atoms with E-state index >= 15 is 0 Å². The van der Waals surface area contributed by atoms with E-state index < -0.39 is 9.84 Å². The molecule has 1 saturated heterocycles. The van der Waals surface area contributed by atoms with E-state index in [1.165, 1.54) is 12.1 Å². The maximum atomic E-state index is 12.9. The Kier molecular flexibility index (Phi) is 5.30. The van der Waals surface area contributed by atoms with Crippen LogP contribution in [-0.4, -0.2) is 62.5 Å². The molecule has 0 atom stereocenters. The lowest BCUT2D eigenvalue weighted by Crippen LogP contribution is -2.50. The number of benzene rings is 3. The average molecular weight is 423 g/mol. The van der Waals surface area contributed by atoms with Crippen LogP contribution in [0.5, 0.6) is 0 Å². The molecule has 3 aromatic rings. The summed E-state index contributed by atoms with van der Waals surface area (Å²) < 4.78 is 23.5. The highest BCUT2D eigenvalue weighted by atomic mass is 32.2. The van der Waals surface area contributed by atoms with Crippen LogP contribution in [0.1, 0.15) is 20.7 Å². The number of sulfone groups is 1. The Labute approximate surface area is 175 Å². The van der Waals surface area contributed by atoms with Crippen molar-refractivity contribution in [2.75, 3.05) is 32.4 Å². The fourth-order valence-corrected chi connectivity index (χ4v) is 4.33. The largest absolute Gasteiger partial charge is 0.335 e. The third-order valence-corrected chi connectivity index (χ3v) is 6.47. The Balaban J connectivity index is 1.44. The van der Waals surface area contributed by atoms with E-state index in [4.69, 9.17) is 0 Å². The zero-order chi connectivity index (χ0) is 21.3. The molecule has 0 saturated carbocycles. The molecule has 0 unspecified atom stereocenters. The minimum absolute atomic E-state index is 0.0491. The summed E-state index contributed by atoms with van der Waals surface area (Å²) in [6, 6.07) is 19.6. The Morgan fingerprint density at radius 1 is 0.700 bits per heavy atom. The quantitative estimate of drug-likeness (QED) is 0.651. The van der Waals surface area contributed by atoms with Crippen molar-refractivity contribution in [3.8, 4) is 0 Å². The second-order valence-electron chi connectivity index (χ2n) is 7.45. The second kappa shape index (κ2) is 7.91. The monoisotopic (exact) mass is 422 g/mol. The average Bonchev–Trinajstić information content (AvgIpc) is 2.77. The van der Waals surface area contributed by atoms with Gasteiger partial charge in [-0.15, -0.1) is 0 Å².